The molecule has 0 fully saturated rings. The molecule has 0 saturated carbocycles. The maximum Gasteiger partial charge on any atom is 0.233 e. The minimum atomic E-state index is -0.0856. The smallest absolute Gasteiger partial charge is 0.233 e. The Labute approximate surface area is 167 Å². The van der Waals surface area contributed by atoms with Gasteiger partial charge in [-0.15, -0.1) is 0 Å². The van der Waals surface area contributed by atoms with Crippen LogP contribution in [0.15, 0.2) is 78.9 Å². The van der Waals surface area contributed by atoms with E-state index in [1.807, 2.05) is 73.8 Å². The Morgan fingerprint density at radius 2 is 1.75 bits per heavy atom. The summed E-state index contributed by atoms with van der Waals surface area (Å²) in [5, 5.41) is 0. The molecule has 2 aromatic carbocycles. The van der Waals surface area contributed by atoms with Crippen molar-refractivity contribution in [2.24, 2.45) is 5.92 Å². The summed E-state index contributed by atoms with van der Waals surface area (Å²) in [6, 6.07) is 17.6. The van der Waals surface area contributed by atoms with Crippen molar-refractivity contribution in [1.29, 1.82) is 0 Å². The number of hydrogen-bond donors (Lipinski definition) is 0. The highest BCUT2D eigenvalue weighted by molar-refractivity contribution is 5.96. The quantitative estimate of drug-likeness (QED) is 0.597. The van der Waals surface area contributed by atoms with Crippen LogP contribution in [-0.2, 0) is 4.79 Å². The Morgan fingerprint density at radius 3 is 2.39 bits per heavy atom. The molecule has 3 heteroatoms. The maximum atomic E-state index is 12.6. The van der Waals surface area contributed by atoms with Gasteiger partial charge in [-0.3, -0.25) is 9.59 Å². The van der Waals surface area contributed by atoms with Gasteiger partial charge in [-0.25, -0.2) is 0 Å². The largest absolute Gasteiger partial charge is 0.315 e. The predicted molar refractivity (Wildman–Crippen MR) is 115 cm³/mol. The summed E-state index contributed by atoms with van der Waals surface area (Å²) in [6.45, 7) is 2.14. The summed E-state index contributed by atoms with van der Waals surface area (Å²) >= 11 is 0. The van der Waals surface area contributed by atoms with Gasteiger partial charge in [-0.05, 0) is 36.5 Å². The van der Waals surface area contributed by atoms with E-state index >= 15 is 0 Å². The third kappa shape index (κ3) is 4.86. The molecule has 1 amide bonds. The molecule has 0 saturated heterocycles. The van der Waals surface area contributed by atoms with Crippen molar-refractivity contribution in [2.75, 3.05) is 11.9 Å². The predicted octanol–water partition coefficient (Wildman–Crippen LogP) is 5.55. The molecular weight excluding hydrogens is 346 g/mol. The number of anilines is 1. The Hall–Kier alpha value is -2.94. The van der Waals surface area contributed by atoms with Gasteiger partial charge in [-0.2, -0.15) is 0 Å². The van der Waals surface area contributed by atoms with Gasteiger partial charge >= 0.3 is 0 Å². The molecule has 0 aromatic heterocycles. The lowest BCUT2D eigenvalue weighted by Gasteiger charge is -2.23. The van der Waals surface area contributed by atoms with Crippen molar-refractivity contribution >= 4 is 17.4 Å². The van der Waals surface area contributed by atoms with Crippen molar-refractivity contribution < 1.29 is 9.59 Å². The molecule has 0 bridgehead atoms. The summed E-state index contributed by atoms with van der Waals surface area (Å²) in [5.41, 5.74) is 2.85. The number of hydrogen-bond acceptors (Lipinski definition) is 2. The first-order chi connectivity index (χ1) is 13.6. The molecule has 3 rings (SSSR count). The van der Waals surface area contributed by atoms with Crippen LogP contribution in [0.5, 0.6) is 0 Å². The van der Waals surface area contributed by atoms with Gasteiger partial charge < -0.3 is 4.90 Å². The molecule has 1 aliphatic carbocycles. The topological polar surface area (TPSA) is 37.4 Å². The van der Waals surface area contributed by atoms with E-state index in [9.17, 15) is 9.59 Å². The first-order valence-electron chi connectivity index (χ1n) is 9.85. The van der Waals surface area contributed by atoms with Gasteiger partial charge in [0.1, 0.15) is 0 Å². The fourth-order valence-corrected chi connectivity index (χ4v) is 3.45. The molecule has 144 valence electrons. The summed E-state index contributed by atoms with van der Waals surface area (Å²) in [5.74, 6) is 0.491. The van der Waals surface area contributed by atoms with E-state index in [-0.39, 0.29) is 23.5 Å². The second-order valence-corrected chi connectivity index (χ2v) is 7.37. The third-order valence-corrected chi connectivity index (χ3v) is 5.38. The van der Waals surface area contributed by atoms with Gasteiger partial charge in [0, 0.05) is 24.7 Å². The highest BCUT2D eigenvalue weighted by Gasteiger charge is 2.20. The normalized spacial score (nSPS) is 16.6. The standard InChI is InChI=1S/C25H27NO2/c1-19(13-18-24(27)21-9-5-3-6-10-21)20-14-16-23(17-15-20)26(2)25(28)22-11-7-4-8-12-22/h3-11,14-17,19,22H,12-13,18H2,1-2H3. The summed E-state index contributed by atoms with van der Waals surface area (Å²) < 4.78 is 0. The number of amides is 1. The maximum absolute atomic E-state index is 12.6. The average molecular weight is 373 g/mol. The van der Waals surface area contributed by atoms with Crippen LogP contribution in [0.2, 0.25) is 0 Å². The van der Waals surface area contributed by atoms with E-state index in [1.165, 1.54) is 5.56 Å². The summed E-state index contributed by atoms with van der Waals surface area (Å²) in [4.78, 5) is 26.7. The van der Waals surface area contributed by atoms with Crippen LogP contribution in [0.3, 0.4) is 0 Å². The van der Waals surface area contributed by atoms with Gasteiger partial charge in [0.05, 0.1) is 5.92 Å². The molecule has 0 spiro atoms. The molecule has 0 aliphatic heterocycles. The van der Waals surface area contributed by atoms with Crippen LogP contribution in [0.25, 0.3) is 0 Å². The van der Waals surface area contributed by atoms with Crippen LogP contribution in [0.1, 0.15) is 48.0 Å². The average Bonchev–Trinajstić information content (AvgIpc) is 2.77. The van der Waals surface area contributed by atoms with E-state index in [0.29, 0.717) is 6.42 Å². The Balaban J connectivity index is 1.57. The van der Waals surface area contributed by atoms with E-state index in [0.717, 1.165) is 24.1 Å². The van der Waals surface area contributed by atoms with Crippen LogP contribution in [-0.4, -0.2) is 18.7 Å². The third-order valence-electron chi connectivity index (χ3n) is 5.38. The van der Waals surface area contributed by atoms with Crippen LogP contribution < -0.4 is 4.90 Å². The fourth-order valence-electron chi connectivity index (χ4n) is 3.45. The molecule has 1 aliphatic rings. The minimum Gasteiger partial charge on any atom is -0.315 e. The lowest BCUT2D eigenvalue weighted by atomic mass is 9.93. The Morgan fingerprint density at radius 1 is 1.04 bits per heavy atom. The monoisotopic (exact) mass is 373 g/mol. The first-order valence-corrected chi connectivity index (χ1v) is 9.85. The number of benzene rings is 2. The molecule has 28 heavy (non-hydrogen) atoms. The molecule has 3 nitrogen and oxygen atoms in total. The van der Waals surface area contributed by atoms with E-state index in [2.05, 4.69) is 19.1 Å². The molecule has 0 N–H and O–H groups in total. The van der Waals surface area contributed by atoms with E-state index in [4.69, 9.17) is 0 Å². The van der Waals surface area contributed by atoms with Gasteiger partial charge in [-0.1, -0.05) is 73.7 Å². The highest BCUT2D eigenvalue weighted by atomic mass is 16.2. The zero-order valence-electron chi connectivity index (χ0n) is 16.5. The molecule has 2 unspecified atom stereocenters. The Bertz CT molecular complexity index is 865. The number of carbonyl (C=O) groups excluding carboxylic acids is 2. The van der Waals surface area contributed by atoms with E-state index in [1.54, 1.807) is 4.90 Å². The lowest BCUT2D eigenvalue weighted by molar-refractivity contribution is -0.120. The van der Waals surface area contributed by atoms with E-state index < -0.39 is 0 Å². The lowest BCUT2D eigenvalue weighted by Crippen LogP contribution is -2.32. The van der Waals surface area contributed by atoms with Crippen molar-refractivity contribution in [2.45, 2.75) is 32.1 Å². The van der Waals surface area contributed by atoms with Gasteiger partial charge in [0.25, 0.3) is 0 Å². The van der Waals surface area contributed by atoms with Crippen molar-refractivity contribution in [3.8, 4) is 0 Å². The molecular formula is C25H27NO2. The summed E-state index contributed by atoms with van der Waals surface area (Å²) in [7, 11) is 1.82. The number of rotatable bonds is 7. The Kier molecular flexibility index (Phi) is 6.59. The van der Waals surface area contributed by atoms with Crippen LogP contribution in [0, 0.1) is 5.92 Å². The summed E-state index contributed by atoms with van der Waals surface area (Å²) in [6.07, 6.45) is 9.99. The number of Topliss-reactive ketones (excluding diaryl/α,β-unsaturated/α-hetero) is 1. The molecule has 0 radical (unpaired) electrons. The number of ketones is 1. The molecule has 0 heterocycles. The van der Waals surface area contributed by atoms with Crippen molar-refractivity contribution in [3.05, 3.63) is 90.0 Å². The fraction of sp³-hybridized carbons (Fsp3) is 0.280. The number of allylic oxidation sites excluding steroid dienone is 3. The van der Waals surface area contributed by atoms with Crippen LogP contribution in [0.4, 0.5) is 5.69 Å². The minimum absolute atomic E-state index is 0.0856. The van der Waals surface area contributed by atoms with Gasteiger partial charge in [0.15, 0.2) is 5.78 Å². The zero-order valence-corrected chi connectivity index (χ0v) is 16.5. The van der Waals surface area contributed by atoms with Crippen molar-refractivity contribution in [1.82, 2.24) is 0 Å². The highest BCUT2D eigenvalue weighted by Crippen LogP contribution is 2.25. The SMILES string of the molecule is CC(CCC(=O)c1ccccc1)c1ccc(N(C)C(=O)C2C=CC=CC2)cc1. The second-order valence-electron chi connectivity index (χ2n) is 7.37. The zero-order chi connectivity index (χ0) is 19.9. The number of carbonyl (C=O) groups is 2. The second kappa shape index (κ2) is 9.32. The van der Waals surface area contributed by atoms with Gasteiger partial charge in [0.2, 0.25) is 5.91 Å². The van der Waals surface area contributed by atoms with Crippen molar-refractivity contribution in [3.63, 3.8) is 0 Å². The first kappa shape index (κ1) is 19.8. The van der Waals surface area contributed by atoms with Crippen LogP contribution >= 0.6 is 0 Å². The number of nitrogens with zero attached hydrogens (tertiary/aromatic N) is 1. The molecule has 2 atom stereocenters. The molecule has 2 aromatic rings.